The van der Waals surface area contributed by atoms with Crippen molar-refractivity contribution in [1.29, 1.82) is 0 Å². The van der Waals surface area contributed by atoms with Crippen LogP contribution < -0.4 is 9.47 Å². The fourth-order valence-corrected chi connectivity index (χ4v) is 4.30. The first-order valence-electron chi connectivity index (χ1n) is 9.80. The first-order valence-corrected chi connectivity index (χ1v) is 11.1. The Balaban J connectivity index is 1.73. The molecular formula is C24H26ClNO3S. The van der Waals surface area contributed by atoms with Crippen LogP contribution in [0.2, 0.25) is 5.02 Å². The summed E-state index contributed by atoms with van der Waals surface area (Å²) < 4.78 is 11.1. The van der Waals surface area contributed by atoms with E-state index >= 15 is 0 Å². The van der Waals surface area contributed by atoms with Crippen LogP contribution in [0.5, 0.6) is 11.5 Å². The van der Waals surface area contributed by atoms with Crippen molar-refractivity contribution in [1.82, 2.24) is 4.90 Å². The maximum Gasteiger partial charge on any atom is 0.261 e. The van der Waals surface area contributed by atoms with Gasteiger partial charge in [0.05, 0.1) is 7.11 Å². The fourth-order valence-electron chi connectivity index (χ4n) is 3.24. The zero-order valence-corrected chi connectivity index (χ0v) is 19.0. The summed E-state index contributed by atoms with van der Waals surface area (Å²) in [6.07, 6.45) is 0.805. The summed E-state index contributed by atoms with van der Waals surface area (Å²) in [5, 5.41) is 2.71. The molecule has 0 radical (unpaired) electrons. The molecule has 2 aromatic carbocycles. The number of thiophene rings is 1. The Morgan fingerprint density at radius 1 is 1.17 bits per heavy atom. The van der Waals surface area contributed by atoms with Gasteiger partial charge in [-0.1, -0.05) is 29.8 Å². The summed E-state index contributed by atoms with van der Waals surface area (Å²) in [5.74, 6) is 1.41. The van der Waals surface area contributed by atoms with E-state index in [1.165, 1.54) is 4.88 Å². The van der Waals surface area contributed by atoms with E-state index in [0.29, 0.717) is 17.3 Å². The molecule has 1 atom stereocenters. The topological polar surface area (TPSA) is 38.8 Å². The molecule has 4 nitrogen and oxygen atoms in total. The highest BCUT2D eigenvalue weighted by atomic mass is 35.5. The highest BCUT2D eigenvalue weighted by Gasteiger charge is 2.22. The lowest BCUT2D eigenvalue weighted by Crippen LogP contribution is -2.41. The van der Waals surface area contributed by atoms with Crippen LogP contribution in [-0.2, 0) is 17.8 Å². The molecule has 3 aromatic rings. The van der Waals surface area contributed by atoms with Gasteiger partial charge in [0.1, 0.15) is 11.5 Å². The molecule has 6 heteroatoms. The molecule has 0 aliphatic rings. The second-order valence-corrected chi connectivity index (χ2v) is 8.67. The minimum absolute atomic E-state index is 0.0204. The van der Waals surface area contributed by atoms with Crippen LogP contribution in [0, 0.1) is 6.92 Å². The number of hydrogen-bond donors (Lipinski definition) is 0. The SMILES string of the molecule is COc1ccc(CN(C(=O)COc2ccc(Cl)cc2C)[C@H](C)Cc2cccs2)cc1. The largest absolute Gasteiger partial charge is 0.497 e. The zero-order valence-electron chi connectivity index (χ0n) is 17.4. The number of carbonyl (C=O) groups is 1. The number of rotatable bonds is 9. The first kappa shape index (κ1) is 22.2. The molecule has 0 unspecified atom stereocenters. The third-order valence-electron chi connectivity index (χ3n) is 4.93. The van der Waals surface area contributed by atoms with Crippen molar-refractivity contribution in [3.05, 3.63) is 81.0 Å². The molecule has 0 bridgehead atoms. The molecule has 1 heterocycles. The molecule has 0 spiro atoms. The molecule has 0 fully saturated rings. The van der Waals surface area contributed by atoms with Crippen LogP contribution in [0.25, 0.3) is 0 Å². The molecule has 0 saturated carbocycles. The standard InChI is InChI=1S/C24H26ClNO3S/c1-17-13-20(25)8-11-23(17)29-16-24(27)26(18(2)14-22-5-4-12-30-22)15-19-6-9-21(28-3)10-7-19/h4-13,18H,14-16H2,1-3H3/t18-/m1/s1. The number of aryl methyl sites for hydroxylation is 1. The number of carbonyl (C=O) groups excluding carboxylic acids is 1. The lowest BCUT2D eigenvalue weighted by atomic mass is 10.1. The van der Waals surface area contributed by atoms with Crippen molar-refractivity contribution in [2.75, 3.05) is 13.7 Å². The molecular weight excluding hydrogens is 418 g/mol. The predicted molar refractivity (Wildman–Crippen MR) is 123 cm³/mol. The van der Waals surface area contributed by atoms with Crippen molar-refractivity contribution < 1.29 is 14.3 Å². The lowest BCUT2D eigenvalue weighted by molar-refractivity contribution is -0.136. The van der Waals surface area contributed by atoms with Gasteiger partial charge in [-0.25, -0.2) is 0 Å². The Kier molecular flexibility index (Phi) is 7.77. The molecule has 0 saturated heterocycles. The van der Waals surface area contributed by atoms with E-state index in [1.807, 2.05) is 48.2 Å². The Labute approximate surface area is 187 Å². The van der Waals surface area contributed by atoms with Gasteiger partial charge in [0.2, 0.25) is 0 Å². The molecule has 1 amide bonds. The third-order valence-corrected chi connectivity index (χ3v) is 6.06. The number of hydrogen-bond acceptors (Lipinski definition) is 4. The molecule has 0 aliphatic carbocycles. The van der Waals surface area contributed by atoms with E-state index in [9.17, 15) is 4.79 Å². The van der Waals surface area contributed by atoms with Gasteiger partial charge in [0.15, 0.2) is 6.61 Å². The van der Waals surface area contributed by atoms with Gasteiger partial charge in [0, 0.05) is 28.9 Å². The van der Waals surface area contributed by atoms with E-state index in [0.717, 1.165) is 23.3 Å². The van der Waals surface area contributed by atoms with Gasteiger partial charge in [-0.2, -0.15) is 0 Å². The maximum atomic E-state index is 13.1. The number of methoxy groups -OCH3 is 1. The number of nitrogens with zero attached hydrogens (tertiary/aromatic N) is 1. The Bertz CT molecular complexity index is 957. The van der Waals surface area contributed by atoms with Gasteiger partial charge in [0.25, 0.3) is 5.91 Å². The fraction of sp³-hybridized carbons (Fsp3) is 0.292. The second kappa shape index (κ2) is 10.5. The summed E-state index contributed by atoms with van der Waals surface area (Å²) in [6.45, 7) is 4.49. The Hall–Kier alpha value is -2.50. The van der Waals surface area contributed by atoms with Crippen molar-refractivity contribution in [3.63, 3.8) is 0 Å². The second-order valence-electron chi connectivity index (χ2n) is 7.20. The minimum atomic E-state index is -0.0516. The van der Waals surface area contributed by atoms with E-state index in [-0.39, 0.29) is 18.6 Å². The number of halogens is 1. The molecule has 1 aromatic heterocycles. The van der Waals surface area contributed by atoms with Crippen LogP contribution in [-0.4, -0.2) is 30.6 Å². The Morgan fingerprint density at radius 2 is 1.93 bits per heavy atom. The summed E-state index contributed by atoms with van der Waals surface area (Å²) >= 11 is 7.72. The van der Waals surface area contributed by atoms with Gasteiger partial charge < -0.3 is 14.4 Å². The van der Waals surface area contributed by atoms with E-state index in [4.69, 9.17) is 21.1 Å². The van der Waals surface area contributed by atoms with Gasteiger partial charge >= 0.3 is 0 Å². The molecule has 30 heavy (non-hydrogen) atoms. The third kappa shape index (κ3) is 6.00. The van der Waals surface area contributed by atoms with Crippen LogP contribution in [0.15, 0.2) is 60.0 Å². The van der Waals surface area contributed by atoms with E-state index in [1.54, 1.807) is 30.6 Å². The van der Waals surface area contributed by atoms with Crippen LogP contribution >= 0.6 is 22.9 Å². The average Bonchev–Trinajstić information content (AvgIpc) is 3.24. The van der Waals surface area contributed by atoms with Crippen molar-refractivity contribution >= 4 is 28.8 Å². The normalized spacial score (nSPS) is 11.7. The smallest absolute Gasteiger partial charge is 0.261 e. The van der Waals surface area contributed by atoms with E-state index in [2.05, 4.69) is 18.4 Å². The minimum Gasteiger partial charge on any atom is -0.497 e. The predicted octanol–water partition coefficient (Wildman–Crippen LogP) is 5.76. The van der Waals surface area contributed by atoms with Crippen LogP contribution in [0.3, 0.4) is 0 Å². The lowest BCUT2D eigenvalue weighted by Gasteiger charge is -2.29. The Morgan fingerprint density at radius 3 is 2.57 bits per heavy atom. The average molecular weight is 444 g/mol. The monoisotopic (exact) mass is 443 g/mol. The number of ether oxygens (including phenoxy) is 2. The number of amides is 1. The molecule has 0 aliphatic heterocycles. The highest BCUT2D eigenvalue weighted by molar-refractivity contribution is 7.09. The van der Waals surface area contributed by atoms with E-state index < -0.39 is 0 Å². The summed E-state index contributed by atoms with van der Waals surface area (Å²) in [6, 6.07) is 17.4. The van der Waals surface area contributed by atoms with Crippen LogP contribution in [0.1, 0.15) is 22.9 Å². The van der Waals surface area contributed by atoms with Crippen molar-refractivity contribution in [2.45, 2.75) is 32.9 Å². The highest BCUT2D eigenvalue weighted by Crippen LogP contribution is 2.23. The van der Waals surface area contributed by atoms with Gasteiger partial charge in [-0.3, -0.25) is 4.79 Å². The molecule has 3 rings (SSSR count). The summed E-state index contributed by atoms with van der Waals surface area (Å²) in [7, 11) is 1.64. The van der Waals surface area contributed by atoms with Crippen LogP contribution in [0.4, 0.5) is 0 Å². The maximum absolute atomic E-state index is 13.1. The summed E-state index contributed by atoms with van der Waals surface area (Å²) in [4.78, 5) is 16.3. The molecule has 158 valence electrons. The summed E-state index contributed by atoms with van der Waals surface area (Å²) in [5.41, 5.74) is 1.95. The van der Waals surface area contributed by atoms with Crippen molar-refractivity contribution in [3.8, 4) is 11.5 Å². The van der Waals surface area contributed by atoms with Gasteiger partial charge in [-0.05, 0) is 66.8 Å². The van der Waals surface area contributed by atoms with Gasteiger partial charge in [-0.15, -0.1) is 11.3 Å². The molecule has 0 N–H and O–H groups in total. The zero-order chi connectivity index (χ0) is 21.5. The number of benzene rings is 2. The quantitative estimate of drug-likeness (QED) is 0.422. The first-order chi connectivity index (χ1) is 14.5. The van der Waals surface area contributed by atoms with Crippen molar-refractivity contribution in [2.24, 2.45) is 0 Å².